The highest BCUT2D eigenvalue weighted by molar-refractivity contribution is 5.92. The Hall–Kier alpha value is -3.57. The number of aliphatic hydroxyl groups is 2. The van der Waals surface area contributed by atoms with E-state index in [2.05, 4.69) is 12.2 Å². The summed E-state index contributed by atoms with van der Waals surface area (Å²) in [5.74, 6) is -2.40. The molecule has 0 radical (unpaired) electrons. The van der Waals surface area contributed by atoms with Crippen LogP contribution in [-0.2, 0) is 39.9 Å². The minimum Gasteiger partial charge on any atom is -0.508 e. The van der Waals surface area contributed by atoms with Gasteiger partial charge in [0.25, 0.3) is 0 Å². The van der Waals surface area contributed by atoms with Crippen molar-refractivity contribution in [2.75, 3.05) is 13.2 Å². The van der Waals surface area contributed by atoms with Crippen molar-refractivity contribution >= 4 is 29.4 Å². The van der Waals surface area contributed by atoms with Crippen LogP contribution in [0.2, 0.25) is 0 Å². The molecule has 0 saturated heterocycles. The van der Waals surface area contributed by atoms with Gasteiger partial charge < -0.3 is 30.1 Å². The smallest absolute Gasteiger partial charge is 0.328 e. The van der Waals surface area contributed by atoms with Crippen LogP contribution >= 0.6 is 0 Å². The van der Waals surface area contributed by atoms with Crippen molar-refractivity contribution in [1.29, 1.82) is 0 Å². The zero-order valence-corrected chi connectivity index (χ0v) is 27.5. The topological polar surface area (TPSA) is 177 Å². The molecule has 0 aromatic heterocycles. The van der Waals surface area contributed by atoms with Gasteiger partial charge in [0.15, 0.2) is 12.4 Å². The molecule has 47 heavy (non-hydrogen) atoms. The third-order valence-electron chi connectivity index (χ3n) is 11.7. The zero-order valence-electron chi connectivity index (χ0n) is 27.5. The predicted octanol–water partition coefficient (Wildman–Crippen LogP) is 3.11. The van der Waals surface area contributed by atoms with E-state index in [0.29, 0.717) is 24.8 Å². The first-order valence-electron chi connectivity index (χ1n) is 16.8. The molecule has 256 valence electrons. The van der Waals surface area contributed by atoms with Gasteiger partial charge >= 0.3 is 11.9 Å². The number of carbonyl (C=O) groups is 5. The molecule has 0 unspecified atom stereocenters. The van der Waals surface area contributed by atoms with Gasteiger partial charge in [-0.25, -0.2) is 4.79 Å². The maximum atomic E-state index is 13.5. The van der Waals surface area contributed by atoms with Crippen LogP contribution in [0.5, 0.6) is 5.75 Å². The van der Waals surface area contributed by atoms with Crippen molar-refractivity contribution in [1.82, 2.24) is 5.32 Å². The van der Waals surface area contributed by atoms with E-state index in [1.165, 1.54) is 12.1 Å². The van der Waals surface area contributed by atoms with Crippen molar-refractivity contribution < 1.29 is 48.8 Å². The van der Waals surface area contributed by atoms with Gasteiger partial charge in [-0.15, -0.1) is 0 Å². The summed E-state index contributed by atoms with van der Waals surface area (Å²) in [6.07, 6.45) is 4.24. The molecule has 0 heterocycles. The molecule has 4 aliphatic carbocycles. The fraction of sp³-hybridized carbons (Fsp3) is 0.639. The summed E-state index contributed by atoms with van der Waals surface area (Å²) in [6.45, 7) is 5.13. The summed E-state index contributed by atoms with van der Waals surface area (Å²) in [5.41, 5.74) is -1.17. The Bertz CT molecular complexity index is 1440. The molecule has 3 fully saturated rings. The minimum absolute atomic E-state index is 0.00540. The van der Waals surface area contributed by atoms with Crippen LogP contribution in [0.15, 0.2) is 35.9 Å². The number of phenols is 1. The molecular formula is C36H47NO10. The number of phenolic OH excluding ortho intramolecular Hbond substituents is 1. The number of hydrogen-bond donors (Lipinski definition) is 4. The number of aromatic hydroxyl groups is 1. The molecule has 8 atom stereocenters. The fourth-order valence-electron chi connectivity index (χ4n) is 9.27. The van der Waals surface area contributed by atoms with Crippen molar-refractivity contribution in [3.63, 3.8) is 0 Å². The third-order valence-corrected chi connectivity index (χ3v) is 11.7. The Kier molecular flexibility index (Phi) is 9.99. The number of hydrogen-bond acceptors (Lipinski definition) is 10. The maximum absolute atomic E-state index is 13.5. The number of ketones is 2. The number of ether oxygens (including phenoxy) is 2. The average Bonchev–Trinajstić information content (AvgIpc) is 3.30. The second-order valence-corrected chi connectivity index (χ2v) is 14.3. The van der Waals surface area contributed by atoms with Crippen LogP contribution in [0.3, 0.4) is 0 Å². The second-order valence-electron chi connectivity index (χ2n) is 14.3. The molecular weight excluding hydrogens is 606 g/mol. The number of amides is 1. The average molecular weight is 654 g/mol. The van der Waals surface area contributed by atoms with E-state index in [4.69, 9.17) is 9.47 Å². The number of benzene rings is 1. The Morgan fingerprint density at radius 3 is 2.45 bits per heavy atom. The van der Waals surface area contributed by atoms with E-state index in [0.717, 1.165) is 18.4 Å². The molecule has 1 amide bonds. The number of esters is 2. The Morgan fingerprint density at radius 1 is 1.02 bits per heavy atom. The Labute approximate surface area is 275 Å². The quantitative estimate of drug-likeness (QED) is 0.260. The molecule has 5 rings (SSSR count). The monoisotopic (exact) mass is 653 g/mol. The van der Waals surface area contributed by atoms with Crippen LogP contribution < -0.4 is 5.32 Å². The summed E-state index contributed by atoms with van der Waals surface area (Å²) >= 11 is 0. The number of carbonyl (C=O) groups excluding carboxylic acids is 5. The highest BCUT2D eigenvalue weighted by Crippen LogP contribution is 2.67. The number of rotatable bonds is 11. The highest BCUT2D eigenvalue weighted by Gasteiger charge is 2.68. The molecule has 0 bridgehead atoms. The van der Waals surface area contributed by atoms with E-state index in [-0.39, 0.29) is 73.4 Å². The Morgan fingerprint density at radius 2 is 1.74 bits per heavy atom. The number of nitrogens with one attached hydrogen (secondary N) is 1. The van der Waals surface area contributed by atoms with Gasteiger partial charge in [-0.05, 0) is 92.4 Å². The first kappa shape index (κ1) is 34.8. The molecule has 11 heteroatoms. The van der Waals surface area contributed by atoms with Gasteiger partial charge in [-0.2, -0.15) is 0 Å². The van der Waals surface area contributed by atoms with Gasteiger partial charge in [0, 0.05) is 24.7 Å². The lowest BCUT2D eigenvalue weighted by atomic mass is 9.45. The van der Waals surface area contributed by atoms with Crippen LogP contribution in [0.25, 0.3) is 0 Å². The van der Waals surface area contributed by atoms with Crippen LogP contribution in [0.1, 0.15) is 84.1 Å². The molecule has 3 saturated carbocycles. The Balaban J connectivity index is 1.16. The van der Waals surface area contributed by atoms with Gasteiger partial charge in [0.05, 0.1) is 19.1 Å². The number of Topliss-reactive ketones (excluding diaryl/α,β-unsaturated/α-hetero) is 1. The summed E-state index contributed by atoms with van der Waals surface area (Å²) in [7, 11) is 0. The first-order chi connectivity index (χ1) is 22.2. The molecule has 4 N–H and O–H groups in total. The number of aliphatic hydroxyl groups excluding tert-OH is 1. The van der Waals surface area contributed by atoms with E-state index in [1.807, 2.05) is 6.92 Å². The SMILES string of the molecule is CCOC(=O)[C@@H](Cc1ccc(O)cc1)NC(=O)CCC(=O)OCC(=O)[C@]1(O)CC[C@@H]2[C@@H]3CCC4=CC(=O)CC[C@]4(C)[C@@H]3[C@@H](O)C[C@@]21C. The molecule has 0 spiro atoms. The lowest BCUT2D eigenvalue weighted by Crippen LogP contribution is -2.62. The van der Waals surface area contributed by atoms with Gasteiger partial charge in [-0.1, -0.05) is 31.6 Å². The molecule has 1 aromatic rings. The molecule has 11 nitrogen and oxygen atoms in total. The van der Waals surface area contributed by atoms with Gasteiger partial charge in [-0.3, -0.25) is 19.2 Å². The fourth-order valence-corrected chi connectivity index (χ4v) is 9.27. The van der Waals surface area contributed by atoms with Gasteiger partial charge in [0.1, 0.15) is 17.4 Å². The standard InChI is InChI=1S/C36H47NO10/c1-4-46-33(44)27(17-21-5-8-23(38)9-6-21)37-30(42)11-12-31(43)47-20-29(41)36(45)16-14-26-25-10-7-22-18-24(39)13-15-34(22,2)32(25)28(40)19-35(26,36)3/h5-6,8-9,18,25-28,32,38,40,45H,4,7,10-17,19-20H2,1-3H3,(H,37,42)/t25-,26+,27+,28-,32-,34-,35-,36+/m0/s1. The van der Waals surface area contributed by atoms with Crippen LogP contribution in [0, 0.1) is 28.6 Å². The van der Waals surface area contributed by atoms with Crippen molar-refractivity contribution in [3.8, 4) is 5.75 Å². The van der Waals surface area contributed by atoms with E-state index < -0.39 is 53.4 Å². The molecule has 1 aromatic carbocycles. The first-order valence-corrected chi connectivity index (χ1v) is 16.8. The van der Waals surface area contributed by atoms with Crippen LogP contribution in [0.4, 0.5) is 0 Å². The van der Waals surface area contributed by atoms with E-state index in [9.17, 15) is 39.3 Å². The second kappa shape index (κ2) is 13.5. The number of allylic oxidation sites excluding steroid dienone is 1. The van der Waals surface area contributed by atoms with E-state index >= 15 is 0 Å². The molecule has 4 aliphatic rings. The lowest BCUT2D eigenvalue weighted by Gasteiger charge is -2.60. The summed E-state index contributed by atoms with van der Waals surface area (Å²) in [6, 6.07) is 5.18. The van der Waals surface area contributed by atoms with Crippen LogP contribution in [-0.4, -0.2) is 75.7 Å². The molecule has 0 aliphatic heterocycles. The summed E-state index contributed by atoms with van der Waals surface area (Å²) < 4.78 is 10.3. The lowest BCUT2D eigenvalue weighted by molar-refractivity contribution is -0.184. The predicted molar refractivity (Wildman–Crippen MR) is 169 cm³/mol. The zero-order chi connectivity index (χ0) is 34.1. The number of fused-ring (bicyclic) bond motifs is 5. The third kappa shape index (κ3) is 6.61. The normalized spacial score (nSPS) is 33.4. The van der Waals surface area contributed by atoms with Crippen molar-refractivity contribution in [3.05, 3.63) is 41.5 Å². The largest absolute Gasteiger partial charge is 0.508 e. The van der Waals surface area contributed by atoms with Gasteiger partial charge in [0.2, 0.25) is 11.7 Å². The van der Waals surface area contributed by atoms with Crippen molar-refractivity contribution in [2.45, 2.75) is 103 Å². The maximum Gasteiger partial charge on any atom is 0.328 e. The minimum atomic E-state index is -1.78. The van der Waals surface area contributed by atoms with E-state index in [1.54, 1.807) is 25.1 Å². The van der Waals surface area contributed by atoms with Crippen molar-refractivity contribution in [2.24, 2.45) is 28.6 Å². The highest BCUT2D eigenvalue weighted by atomic mass is 16.5. The summed E-state index contributed by atoms with van der Waals surface area (Å²) in [4.78, 5) is 63.4. The summed E-state index contributed by atoms with van der Waals surface area (Å²) in [5, 5.41) is 35.5.